The van der Waals surface area contributed by atoms with Crippen molar-refractivity contribution in [2.24, 2.45) is 4.99 Å². The first-order valence-electron chi connectivity index (χ1n) is 10.5. The van der Waals surface area contributed by atoms with Gasteiger partial charge in [-0.3, -0.25) is 14.6 Å². The molecule has 6 nitrogen and oxygen atoms in total. The number of allylic oxidation sites excluding steroid dienone is 2. The summed E-state index contributed by atoms with van der Waals surface area (Å²) >= 11 is 0. The van der Waals surface area contributed by atoms with E-state index in [4.69, 9.17) is 5.11 Å². The Morgan fingerprint density at radius 1 is 1.23 bits per heavy atom. The summed E-state index contributed by atoms with van der Waals surface area (Å²) in [4.78, 5) is 33.6. The summed E-state index contributed by atoms with van der Waals surface area (Å²) in [5.41, 5.74) is 5.38. The average molecular weight is 405 g/mol. The molecule has 6 heteroatoms. The van der Waals surface area contributed by atoms with Crippen LogP contribution in [-0.4, -0.2) is 60.3 Å². The maximum absolute atomic E-state index is 13.2. The molecule has 156 valence electrons. The van der Waals surface area contributed by atoms with Gasteiger partial charge in [0.15, 0.2) is 0 Å². The van der Waals surface area contributed by atoms with Crippen LogP contribution in [0, 0.1) is 0 Å². The normalized spacial score (nSPS) is 21.0. The molecule has 3 aliphatic rings. The molecule has 0 bridgehead atoms. The molecule has 3 aliphatic heterocycles. The van der Waals surface area contributed by atoms with E-state index in [0.29, 0.717) is 38.0 Å². The van der Waals surface area contributed by atoms with Gasteiger partial charge in [-0.15, -0.1) is 0 Å². The highest BCUT2D eigenvalue weighted by atomic mass is 16.3. The lowest BCUT2D eigenvalue weighted by Gasteiger charge is -2.33. The summed E-state index contributed by atoms with van der Waals surface area (Å²) in [5, 5.41) is 9.10. The Balaban J connectivity index is 1.74. The summed E-state index contributed by atoms with van der Waals surface area (Å²) in [6.07, 6.45) is 8.80. The lowest BCUT2D eigenvalue weighted by Crippen LogP contribution is -2.41. The number of aliphatic hydroxyl groups is 1. The SMILES string of the molecule is CC(C)N1CC(=C2C=CCN=C2)C=C(c2ccc3c(c2)CC(=O)N3CCCO)C1=O. The first kappa shape index (κ1) is 20.3. The summed E-state index contributed by atoms with van der Waals surface area (Å²) in [6.45, 7) is 5.85. The zero-order valence-corrected chi connectivity index (χ0v) is 17.5. The van der Waals surface area contributed by atoms with Crippen LogP contribution in [0.25, 0.3) is 5.57 Å². The number of hydrogen-bond donors (Lipinski definition) is 1. The molecule has 3 heterocycles. The van der Waals surface area contributed by atoms with Crippen LogP contribution in [0.5, 0.6) is 0 Å². The van der Waals surface area contributed by atoms with Crippen LogP contribution in [0.15, 0.2) is 52.6 Å². The molecule has 4 rings (SSSR count). The van der Waals surface area contributed by atoms with Crippen LogP contribution in [0.1, 0.15) is 31.4 Å². The van der Waals surface area contributed by atoms with E-state index in [0.717, 1.165) is 28.0 Å². The summed E-state index contributed by atoms with van der Waals surface area (Å²) in [6, 6.07) is 5.88. The molecule has 0 saturated carbocycles. The summed E-state index contributed by atoms with van der Waals surface area (Å²) in [5.74, 6) is 0.0437. The van der Waals surface area contributed by atoms with Gasteiger partial charge in [0.1, 0.15) is 0 Å². The molecule has 0 radical (unpaired) electrons. The molecular weight excluding hydrogens is 378 g/mol. The van der Waals surface area contributed by atoms with Crippen molar-refractivity contribution < 1.29 is 14.7 Å². The van der Waals surface area contributed by atoms with Crippen molar-refractivity contribution in [1.82, 2.24) is 4.90 Å². The molecule has 1 N–H and O–H groups in total. The Kier molecular flexibility index (Phi) is 5.68. The Morgan fingerprint density at radius 3 is 2.77 bits per heavy atom. The van der Waals surface area contributed by atoms with Gasteiger partial charge in [-0.25, -0.2) is 0 Å². The zero-order valence-electron chi connectivity index (χ0n) is 17.5. The second-order valence-electron chi connectivity index (χ2n) is 8.10. The Labute approximate surface area is 176 Å². The molecule has 0 saturated heterocycles. The van der Waals surface area contributed by atoms with Gasteiger partial charge in [0, 0.05) is 43.2 Å². The van der Waals surface area contributed by atoms with Gasteiger partial charge >= 0.3 is 0 Å². The Bertz CT molecular complexity index is 987. The topological polar surface area (TPSA) is 73.2 Å². The van der Waals surface area contributed by atoms with E-state index in [1.807, 2.05) is 55.3 Å². The highest BCUT2D eigenvalue weighted by Crippen LogP contribution is 2.34. The molecule has 1 aromatic carbocycles. The lowest BCUT2D eigenvalue weighted by molar-refractivity contribution is -0.126. The van der Waals surface area contributed by atoms with Crippen molar-refractivity contribution in [2.45, 2.75) is 32.7 Å². The maximum atomic E-state index is 13.2. The molecule has 0 atom stereocenters. The van der Waals surface area contributed by atoms with Gasteiger partial charge in [-0.05, 0) is 60.8 Å². The monoisotopic (exact) mass is 405 g/mol. The van der Waals surface area contributed by atoms with E-state index in [-0.39, 0.29) is 24.5 Å². The van der Waals surface area contributed by atoms with Gasteiger partial charge < -0.3 is 14.9 Å². The number of anilines is 1. The molecule has 0 fully saturated rings. The average Bonchev–Trinajstić information content (AvgIpc) is 3.06. The quantitative estimate of drug-likeness (QED) is 0.818. The van der Waals surface area contributed by atoms with Crippen molar-refractivity contribution in [1.29, 1.82) is 0 Å². The van der Waals surface area contributed by atoms with Crippen molar-refractivity contribution in [3.8, 4) is 0 Å². The number of carbonyl (C=O) groups is 2. The van der Waals surface area contributed by atoms with Gasteiger partial charge in [-0.1, -0.05) is 18.2 Å². The molecule has 2 amide bonds. The number of aliphatic hydroxyl groups excluding tert-OH is 1. The summed E-state index contributed by atoms with van der Waals surface area (Å²) < 4.78 is 0. The van der Waals surface area contributed by atoms with E-state index in [2.05, 4.69) is 11.1 Å². The van der Waals surface area contributed by atoms with E-state index in [1.54, 1.807) is 4.90 Å². The zero-order chi connectivity index (χ0) is 21.3. The van der Waals surface area contributed by atoms with Gasteiger partial charge in [0.2, 0.25) is 5.91 Å². The van der Waals surface area contributed by atoms with Crippen LogP contribution in [0.4, 0.5) is 5.69 Å². The second-order valence-corrected chi connectivity index (χ2v) is 8.10. The number of nitrogens with zero attached hydrogens (tertiary/aromatic N) is 3. The smallest absolute Gasteiger partial charge is 0.255 e. The molecule has 1 aromatic rings. The van der Waals surface area contributed by atoms with E-state index in [1.165, 1.54) is 0 Å². The molecule has 0 aliphatic carbocycles. The molecule has 0 unspecified atom stereocenters. The minimum absolute atomic E-state index is 0.00693. The van der Waals surface area contributed by atoms with Crippen molar-refractivity contribution in [3.05, 3.63) is 58.7 Å². The predicted molar refractivity (Wildman–Crippen MR) is 119 cm³/mol. The van der Waals surface area contributed by atoms with E-state index in [9.17, 15) is 9.59 Å². The molecular formula is C24H27N3O3. The maximum Gasteiger partial charge on any atom is 0.255 e. The third-order valence-electron chi connectivity index (χ3n) is 5.75. The minimum Gasteiger partial charge on any atom is -0.396 e. The first-order chi connectivity index (χ1) is 14.5. The number of aliphatic imine (C=N–C) groups is 1. The van der Waals surface area contributed by atoms with E-state index < -0.39 is 0 Å². The van der Waals surface area contributed by atoms with Crippen LogP contribution in [0.3, 0.4) is 0 Å². The third-order valence-corrected chi connectivity index (χ3v) is 5.75. The number of amides is 2. The molecule has 0 aromatic heterocycles. The third kappa shape index (κ3) is 3.75. The van der Waals surface area contributed by atoms with Crippen molar-refractivity contribution in [2.75, 3.05) is 31.1 Å². The Morgan fingerprint density at radius 2 is 2.07 bits per heavy atom. The highest BCUT2D eigenvalue weighted by Gasteiger charge is 2.31. The number of fused-ring (bicyclic) bond motifs is 1. The number of dihydropyridines is 1. The van der Waals surface area contributed by atoms with Crippen molar-refractivity contribution >= 4 is 29.3 Å². The minimum atomic E-state index is 0.00693. The number of benzene rings is 1. The summed E-state index contributed by atoms with van der Waals surface area (Å²) in [7, 11) is 0. The van der Waals surface area contributed by atoms with Gasteiger partial charge in [0.05, 0.1) is 13.0 Å². The fourth-order valence-corrected chi connectivity index (χ4v) is 4.14. The fraction of sp³-hybridized carbons (Fsp3) is 0.375. The van der Waals surface area contributed by atoms with Crippen LogP contribution in [0.2, 0.25) is 0 Å². The first-order valence-corrected chi connectivity index (χ1v) is 10.5. The largest absolute Gasteiger partial charge is 0.396 e. The molecule has 30 heavy (non-hydrogen) atoms. The number of carbonyl (C=O) groups excluding carboxylic acids is 2. The standard InChI is InChI=1S/C24H27N3O3/c1-16(2)27-15-20(18-5-3-8-25-14-18)12-21(24(27)30)17-6-7-22-19(11-17)13-23(29)26(22)9-4-10-28/h3,5-7,11-12,14,16,28H,4,8-10,13,15H2,1-2H3. The van der Waals surface area contributed by atoms with Gasteiger partial charge in [-0.2, -0.15) is 0 Å². The fourth-order valence-electron chi connectivity index (χ4n) is 4.14. The number of rotatable bonds is 5. The Hall–Kier alpha value is -2.99. The van der Waals surface area contributed by atoms with Gasteiger partial charge in [0.25, 0.3) is 5.91 Å². The van der Waals surface area contributed by atoms with Crippen LogP contribution < -0.4 is 4.90 Å². The highest BCUT2D eigenvalue weighted by molar-refractivity contribution is 6.21. The van der Waals surface area contributed by atoms with Crippen LogP contribution in [-0.2, 0) is 16.0 Å². The molecule has 0 spiro atoms. The van der Waals surface area contributed by atoms with Crippen molar-refractivity contribution in [3.63, 3.8) is 0 Å². The number of hydrogen-bond acceptors (Lipinski definition) is 4. The predicted octanol–water partition coefficient (Wildman–Crippen LogP) is 2.53. The van der Waals surface area contributed by atoms with Crippen LogP contribution >= 0.6 is 0 Å². The lowest BCUT2D eigenvalue weighted by atomic mass is 9.92. The van der Waals surface area contributed by atoms with E-state index >= 15 is 0 Å². The second kappa shape index (κ2) is 8.40.